The number of halogens is 1. The van der Waals surface area contributed by atoms with Gasteiger partial charge in [0.05, 0.1) is 17.5 Å². The average Bonchev–Trinajstić information content (AvgIpc) is 2.65. The molecule has 0 spiro atoms. The molecule has 27 heavy (non-hydrogen) atoms. The fraction of sp³-hybridized carbons (Fsp3) is 0.300. The Bertz CT molecular complexity index is 909. The Morgan fingerprint density at radius 1 is 1.44 bits per heavy atom. The van der Waals surface area contributed by atoms with Gasteiger partial charge in [0.15, 0.2) is 5.78 Å². The summed E-state index contributed by atoms with van der Waals surface area (Å²) in [6, 6.07) is 5.28. The van der Waals surface area contributed by atoms with E-state index in [2.05, 4.69) is 21.9 Å². The second kappa shape index (κ2) is 7.89. The van der Waals surface area contributed by atoms with Gasteiger partial charge in [-0.3, -0.25) is 4.79 Å². The van der Waals surface area contributed by atoms with Gasteiger partial charge in [-0.1, -0.05) is 12.0 Å². The molecule has 0 saturated heterocycles. The van der Waals surface area contributed by atoms with E-state index >= 15 is 0 Å². The first-order valence-corrected chi connectivity index (χ1v) is 9.15. The highest BCUT2D eigenvalue weighted by molar-refractivity contribution is 9.10. The summed E-state index contributed by atoms with van der Waals surface area (Å²) in [5.74, 6) is 2.09. The summed E-state index contributed by atoms with van der Waals surface area (Å²) in [7, 11) is 1.26. The van der Waals surface area contributed by atoms with E-state index in [1.54, 1.807) is 18.2 Å². The van der Waals surface area contributed by atoms with Crippen LogP contribution in [0.2, 0.25) is 0 Å². The van der Waals surface area contributed by atoms with Crippen molar-refractivity contribution < 1.29 is 23.8 Å². The van der Waals surface area contributed by atoms with E-state index in [0.717, 1.165) is 0 Å². The van der Waals surface area contributed by atoms with E-state index in [4.69, 9.17) is 26.4 Å². The number of hydrogen-bond donors (Lipinski definition) is 1. The van der Waals surface area contributed by atoms with Crippen molar-refractivity contribution in [3.05, 3.63) is 51.0 Å². The van der Waals surface area contributed by atoms with Crippen molar-refractivity contribution in [1.82, 2.24) is 0 Å². The van der Waals surface area contributed by atoms with Gasteiger partial charge in [0.1, 0.15) is 23.7 Å². The molecule has 1 aliphatic carbocycles. The quantitative estimate of drug-likeness (QED) is 0.582. The van der Waals surface area contributed by atoms with Crippen LogP contribution in [0.5, 0.6) is 5.75 Å². The molecule has 7 heteroatoms. The summed E-state index contributed by atoms with van der Waals surface area (Å²) in [4.78, 5) is 25.1. The summed E-state index contributed by atoms with van der Waals surface area (Å²) in [6.07, 6.45) is 6.91. The molecule has 0 unspecified atom stereocenters. The smallest absolute Gasteiger partial charge is 0.340 e. The molecule has 1 aliphatic heterocycles. The average molecular weight is 432 g/mol. The highest BCUT2D eigenvalue weighted by Crippen LogP contribution is 2.45. The fourth-order valence-electron chi connectivity index (χ4n) is 3.33. The molecule has 0 aromatic heterocycles. The number of methoxy groups -OCH3 is 1. The molecule has 2 N–H and O–H groups in total. The van der Waals surface area contributed by atoms with Crippen LogP contribution in [0.25, 0.3) is 0 Å². The molecule has 0 saturated carbocycles. The molecule has 140 valence electrons. The predicted molar refractivity (Wildman–Crippen MR) is 101 cm³/mol. The number of rotatable bonds is 4. The Balaban J connectivity index is 2.12. The fourth-order valence-corrected chi connectivity index (χ4v) is 3.84. The molecule has 1 aromatic carbocycles. The highest BCUT2D eigenvalue weighted by atomic mass is 79.9. The minimum Gasteiger partial charge on any atom is -0.480 e. The molecule has 1 aromatic rings. The molecule has 0 bridgehead atoms. The first-order chi connectivity index (χ1) is 13.0. The van der Waals surface area contributed by atoms with E-state index < -0.39 is 11.9 Å². The number of benzene rings is 1. The van der Waals surface area contributed by atoms with E-state index in [9.17, 15) is 9.59 Å². The van der Waals surface area contributed by atoms with Crippen LogP contribution >= 0.6 is 15.9 Å². The largest absolute Gasteiger partial charge is 0.480 e. The van der Waals surface area contributed by atoms with Crippen LogP contribution < -0.4 is 10.5 Å². The van der Waals surface area contributed by atoms with Crippen molar-refractivity contribution in [2.45, 2.75) is 25.2 Å². The minimum atomic E-state index is -0.660. The molecule has 6 nitrogen and oxygen atoms in total. The first-order valence-electron chi connectivity index (χ1n) is 8.35. The third kappa shape index (κ3) is 3.58. The molecule has 2 aliphatic rings. The van der Waals surface area contributed by atoms with Gasteiger partial charge >= 0.3 is 5.97 Å². The minimum absolute atomic E-state index is 0.0379. The van der Waals surface area contributed by atoms with Crippen LogP contribution in [0, 0.1) is 12.3 Å². The topological polar surface area (TPSA) is 87.8 Å². The number of hydrogen-bond acceptors (Lipinski definition) is 6. The molecule has 3 rings (SSSR count). The van der Waals surface area contributed by atoms with Crippen molar-refractivity contribution in [1.29, 1.82) is 0 Å². The lowest BCUT2D eigenvalue weighted by atomic mass is 9.77. The SMILES string of the molecule is C#CCOc1ccc([C@H]2C(C(=O)OC)=C(N)OC3=C2C(=O)CCC3)cc1Br. The van der Waals surface area contributed by atoms with Crippen LogP contribution in [-0.2, 0) is 19.1 Å². The van der Waals surface area contributed by atoms with Gasteiger partial charge < -0.3 is 19.9 Å². The number of Topliss-reactive ketones (excluding diaryl/α,β-unsaturated/α-hetero) is 1. The van der Waals surface area contributed by atoms with Crippen LogP contribution in [0.1, 0.15) is 30.7 Å². The Kier molecular flexibility index (Phi) is 5.57. The van der Waals surface area contributed by atoms with Gasteiger partial charge in [0, 0.05) is 18.4 Å². The number of terminal acetylenes is 1. The van der Waals surface area contributed by atoms with Crippen molar-refractivity contribution in [3.8, 4) is 18.1 Å². The first kappa shape index (κ1) is 19.1. The van der Waals surface area contributed by atoms with Crippen LogP contribution in [-0.4, -0.2) is 25.5 Å². The third-order valence-corrected chi connectivity index (χ3v) is 5.11. The Labute approximate surface area is 165 Å². The van der Waals surface area contributed by atoms with Gasteiger partial charge in [-0.2, -0.15) is 0 Å². The summed E-state index contributed by atoms with van der Waals surface area (Å²) in [6.45, 7) is 0.128. The summed E-state index contributed by atoms with van der Waals surface area (Å²) >= 11 is 3.45. The van der Waals surface area contributed by atoms with Gasteiger partial charge in [0.25, 0.3) is 0 Å². The van der Waals surface area contributed by atoms with E-state index in [1.807, 2.05) is 0 Å². The lowest BCUT2D eigenvalue weighted by Crippen LogP contribution is -2.31. The number of carbonyl (C=O) groups excluding carboxylic acids is 2. The van der Waals surface area contributed by atoms with E-state index in [1.165, 1.54) is 7.11 Å². The highest BCUT2D eigenvalue weighted by Gasteiger charge is 2.41. The molecular formula is C20H18BrNO5. The van der Waals surface area contributed by atoms with Gasteiger partial charge in [-0.05, 0) is 40.0 Å². The van der Waals surface area contributed by atoms with Gasteiger partial charge in [-0.15, -0.1) is 6.42 Å². The Morgan fingerprint density at radius 3 is 2.89 bits per heavy atom. The zero-order chi connectivity index (χ0) is 19.6. The van der Waals surface area contributed by atoms with Crippen molar-refractivity contribution >= 4 is 27.7 Å². The number of ether oxygens (including phenoxy) is 3. The van der Waals surface area contributed by atoms with Crippen LogP contribution in [0.15, 0.2) is 45.5 Å². The summed E-state index contributed by atoms with van der Waals surface area (Å²) in [5.41, 5.74) is 7.30. The molecule has 0 radical (unpaired) electrons. The Morgan fingerprint density at radius 2 is 2.22 bits per heavy atom. The van der Waals surface area contributed by atoms with Crippen LogP contribution in [0.4, 0.5) is 0 Å². The van der Waals surface area contributed by atoms with Gasteiger partial charge in [0.2, 0.25) is 5.88 Å². The number of nitrogens with two attached hydrogens (primary N) is 1. The van der Waals surface area contributed by atoms with Gasteiger partial charge in [-0.25, -0.2) is 4.79 Å². The second-order valence-corrected chi connectivity index (χ2v) is 6.96. The van der Waals surface area contributed by atoms with Crippen molar-refractivity contribution in [2.75, 3.05) is 13.7 Å². The zero-order valence-corrected chi connectivity index (χ0v) is 16.3. The number of ketones is 1. The predicted octanol–water partition coefficient (Wildman–Crippen LogP) is 2.93. The standard InChI is InChI=1S/C20H18BrNO5/c1-3-9-26-14-8-7-11(10-12(14)21)16-17-13(23)5-4-6-15(17)27-19(22)18(16)20(24)25-2/h1,7-8,10,16H,4-6,9,22H2,2H3/t16-/m1/s1. The maximum atomic E-state index is 12.7. The molecule has 1 atom stereocenters. The molecule has 0 fully saturated rings. The van der Waals surface area contributed by atoms with Crippen LogP contribution in [0.3, 0.4) is 0 Å². The lowest BCUT2D eigenvalue weighted by Gasteiger charge is -2.32. The number of esters is 1. The Hall–Kier alpha value is -2.72. The second-order valence-electron chi connectivity index (χ2n) is 6.10. The van der Waals surface area contributed by atoms with Crippen molar-refractivity contribution in [2.24, 2.45) is 5.73 Å². The maximum absolute atomic E-state index is 12.7. The summed E-state index contributed by atoms with van der Waals surface area (Å²) < 4.78 is 16.6. The third-order valence-electron chi connectivity index (χ3n) is 4.49. The molecular weight excluding hydrogens is 414 g/mol. The molecule has 0 amide bonds. The lowest BCUT2D eigenvalue weighted by molar-refractivity contribution is -0.136. The van der Waals surface area contributed by atoms with Crippen molar-refractivity contribution in [3.63, 3.8) is 0 Å². The normalized spacial score (nSPS) is 19.1. The maximum Gasteiger partial charge on any atom is 0.340 e. The monoisotopic (exact) mass is 431 g/mol. The number of carbonyl (C=O) groups is 2. The number of allylic oxidation sites excluding steroid dienone is 2. The summed E-state index contributed by atoms with van der Waals surface area (Å²) in [5, 5.41) is 0. The van der Waals surface area contributed by atoms with E-state index in [0.29, 0.717) is 46.4 Å². The van der Waals surface area contributed by atoms with E-state index in [-0.39, 0.29) is 23.8 Å². The molecule has 1 heterocycles. The zero-order valence-electron chi connectivity index (χ0n) is 14.7.